The second-order valence-electron chi connectivity index (χ2n) is 7.10. The highest BCUT2D eigenvalue weighted by atomic mass is 32.2. The number of rotatable bonds is 4. The first-order chi connectivity index (χ1) is 10.9. The van der Waals surface area contributed by atoms with E-state index in [2.05, 4.69) is 10.3 Å². The molecule has 0 atom stereocenters. The van der Waals surface area contributed by atoms with E-state index in [4.69, 9.17) is 4.74 Å². The normalized spacial score (nSPS) is 25.3. The first-order valence-electron chi connectivity index (χ1n) is 8.65. The first kappa shape index (κ1) is 18.5. The molecule has 2 aliphatic rings. The predicted molar refractivity (Wildman–Crippen MR) is 93.6 cm³/mol. The van der Waals surface area contributed by atoms with Crippen molar-refractivity contribution in [2.75, 3.05) is 39.0 Å². The van der Waals surface area contributed by atoms with Gasteiger partial charge in [0.15, 0.2) is 15.8 Å². The Morgan fingerprint density at radius 2 is 2.00 bits per heavy atom. The highest BCUT2D eigenvalue weighted by Crippen LogP contribution is 2.23. The minimum atomic E-state index is -3.02. The van der Waals surface area contributed by atoms with Crippen molar-refractivity contribution in [1.29, 1.82) is 0 Å². The fourth-order valence-corrected chi connectivity index (χ4v) is 4.64. The van der Waals surface area contributed by atoms with Gasteiger partial charge in [0.2, 0.25) is 0 Å². The molecule has 0 unspecified atom stereocenters. The molecular formula is C16H31N3O3S. The quantitative estimate of drug-likeness (QED) is 0.474. The van der Waals surface area contributed by atoms with Gasteiger partial charge >= 0.3 is 0 Å². The SMILES string of the molecule is CN=C(NCCOC1CCCCC1)N1CCS(=O)(=O)C(C)(C)C1. The molecule has 23 heavy (non-hydrogen) atoms. The van der Waals surface area contributed by atoms with Gasteiger partial charge in [-0.2, -0.15) is 0 Å². The molecule has 1 aliphatic heterocycles. The maximum absolute atomic E-state index is 12.1. The van der Waals surface area contributed by atoms with Crippen LogP contribution in [0.25, 0.3) is 0 Å². The number of guanidine groups is 1. The van der Waals surface area contributed by atoms with Crippen molar-refractivity contribution in [3.8, 4) is 0 Å². The fourth-order valence-electron chi connectivity index (χ4n) is 3.28. The van der Waals surface area contributed by atoms with Crippen LogP contribution in [0.3, 0.4) is 0 Å². The van der Waals surface area contributed by atoms with Gasteiger partial charge in [0.1, 0.15) is 0 Å². The van der Waals surface area contributed by atoms with Gasteiger partial charge in [-0.1, -0.05) is 19.3 Å². The second kappa shape index (κ2) is 7.83. The molecular weight excluding hydrogens is 314 g/mol. The lowest BCUT2D eigenvalue weighted by molar-refractivity contribution is 0.0315. The molecule has 1 aliphatic carbocycles. The van der Waals surface area contributed by atoms with E-state index in [1.807, 2.05) is 4.90 Å². The molecule has 2 fully saturated rings. The van der Waals surface area contributed by atoms with Crippen LogP contribution in [-0.4, -0.2) is 69.2 Å². The molecule has 0 amide bonds. The molecule has 0 spiro atoms. The Morgan fingerprint density at radius 1 is 1.30 bits per heavy atom. The molecule has 1 heterocycles. The molecule has 0 aromatic heterocycles. The summed E-state index contributed by atoms with van der Waals surface area (Å²) in [4.78, 5) is 6.32. The van der Waals surface area contributed by atoms with Crippen LogP contribution in [0.1, 0.15) is 46.0 Å². The van der Waals surface area contributed by atoms with Crippen molar-refractivity contribution in [1.82, 2.24) is 10.2 Å². The van der Waals surface area contributed by atoms with Crippen molar-refractivity contribution in [2.24, 2.45) is 4.99 Å². The smallest absolute Gasteiger partial charge is 0.193 e. The van der Waals surface area contributed by atoms with Gasteiger partial charge in [-0.3, -0.25) is 4.99 Å². The Morgan fingerprint density at radius 3 is 2.61 bits per heavy atom. The molecule has 1 saturated heterocycles. The Bertz CT molecular complexity index is 511. The van der Waals surface area contributed by atoms with E-state index in [1.54, 1.807) is 20.9 Å². The number of nitrogens with zero attached hydrogens (tertiary/aromatic N) is 2. The van der Waals surface area contributed by atoms with E-state index in [0.29, 0.717) is 32.3 Å². The lowest BCUT2D eigenvalue weighted by atomic mass is 9.98. The van der Waals surface area contributed by atoms with Crippen LogP contribution in [0.2, 0.25) is 0 Å². The van der Waals surface area contributed by atoms with E-state index in [9.17, 15) is 8.42 Å². The van der Waals surface area contributed by atoms with Gasteiger partial charge < -0.3 is 15.0 Å². The average Bonchev–Trinajstić information content (AvgIpc) is 2.51. The van der Waals surface area contributed by atoms with E-state index in [1.165, 1.54) is 32.1 Å². The van der Waals surface area contributed by atoms with Gasteiger partial charge in [0.25, 0.3) is 0 Å². The van der Waals surface area contributed by atoms with Crippen LogP contribution < -0.4 is 5.32 Å². The Kier molecular flexibility index (Phi) is 6.31. The number of hydrogen-bond acceptors (Lipinski definition) is 4. The zero-order valence-electron chi connectivity index (χ0n) is 14.7. The number of sulfone groups is 1. The first-order valence-corrected chi connectivity index (χ1v) is 10.3. The summed E-state index contributed by atoms with van der Waals surface area (Å²) in [6.07, 6.45) is 6.64. The summed E-state index contributed by atoms with van der Waals surface area (Å²) >= 11 is 0. The van der Waals surface area contributed by atoms with Crippen molar-refractivity contribution in [2.45, 2.75) is 56.8 Å². The van der Waals surface area contributed by atoms with Crippen LogP contribution in [0.5, 0.6) is 0 Å². The molecule has 0 aromatic carbocycles. The zero-order valence-corrected chi connectivity index (χ0v) is 15.5. The third-order valence-electron chi connectivity index (χ3n) is 4.85. The van der Waals surface area contributed by atoms with Crippen molar-refractivity contribution in [3.63, 3.8) is 0 Å². The Hall–Kier alpha value is -0.820. The maximum Gasteiger partial charge on any atom is 0.193 e. The highest BCUT2D eigenvalue weighted by molar-refractivity contribution is 7.92. The molecule has 1 saturated carbocycles. The topological polar surface area (TPSA) is 71.0 Å². The molecule has 0 radical (unpaired) electrons. The van der Waals surface area contributed by atoms with Crippen LogP contribution in [0, 0.1) is 0 Å². The van der Waals surface area contributed by atoms with E-state index in [0.717, 1.165) is 5.96 Å². The van der Waals surface area contributed by atoms with E-state index >= 15 is 0 Å². The molecule has 134 valence electrons. The van der Waals surface area contributed by atoms with Gasteiger partial charge in [0.05, 0.1) is 23.2 Å². The summed E-state index contributed by atoms with van der Waals surface area (Å²) in [6, 6.07) is 0. The van der Waals surface area contributed by atoms with Crippen LogP contribution in [-0.2, 0) is 14.6 Å². The van der Waals surface area contributed by atoms with Crippen LogP contribution in [0.15, 0.2) is 4.99 Å². The van der Waals surface area contributed by atoms with Crippen molar-refractivity contribution in [3.05, 3.63) is 0 Å². The number of aliphatic imine (C=N–C) groups is 1. The van der Waals surface area contributed by atoms with Gasteiger partial charge in [-0.15, -0.1) is 0 Å². The van der Waals surface area contributed by atoms with Gasteiger partial charge in [-0.05, 0) is 26.7 Å². The van der Waals surface area contributed by atoms with Crippen LogP contribution >= 0.6 is 0 Å². The van der Waals surface area contributed by atoms with Crippen LogP contribution in [0.4, 0.5) is 0 Å². The number of hydrogen-bond donors (Lipinski definition) is 1. The van der Waals surface area contributed by atoms with Gasteiger partial charge in [0, 0.05) is 26.7 Å². The number of ether oxygens (including phenoxy) is 1. The molecule has 0 aromatic rings. The summed E-state index contributed by atoms with van der Waals surface area (Å²) in [5.74, 6) is 0.944. The largest absolute Gasteiger partial charge is 0.376 e. The molecule has 2 rings (SSSR count). The zero-order chi connectivity index (χ0) is 16.9. The second-order valence-corrected chi connectivity index (χ2v) is 9.85. The average molecular weight is 346 g/mol. The molecule has 6 nitrogen and oxygen atoms in total. The molecule has 7 heteroatoms. The minimum Gasteiger partial charge on any atom is -0.376 e. The monoisotopic (exact) mass is 345 g/mol. The predicted octanol–water partition coefficient (Wildman–Crippen LogP) is 1.42. The summed E-state index contributed by atoms with van der Waals surface area (Å²) in [6.45, 7) is 5.90. The van der Waals surface area contributed by atoms with E-state index in [-0.39, 0.29) is 5.75 Å². The van der Waals surface area contributed by atoms with Crippen molar-refractivity contribution >= 4 is 15.8 Å². The standard InChI is InChI=1S/C16H31N3O3S/c1-16(2)13-19(10-12-23(16,20)21)15(17-3)18-9-11-22-14-7-5-4-6-8-14/h14H,4-13H2,1-3H3,(H,17,18). The summed E-state index contributed by atoms with van der Waals surface area (Å²) in [5, 5.41) is 3.30. The summed E-state index contributed by atoms with van der Waals surface area (Å²) < 4.78 is 29.3. The van der Waals surface area contributed by atoms with Gasteiger partial charge in [-0.25, -0.2) is 8.42 Å². The molecule has 1 N–H and O–H groups in total. The molecule has 0 bridgehead atoms. The number of nitrogens with one attached hydrogen (secondary N) is 1. The van der Waals surface area contributed by atoms with Crippen molar-refractivity contribution < 1.29 is 13.2 Å². The summed E-state index contributed by atoms with van der Waals surface area (Å²) in [7, 11) is -1.29. The highest BCUT2D eigenvalue weighted by Gasteiger charge is 2.40. The fraction of sp³-hybridized carbons (Fsp3) is 0.938. The minimum absolute atomic E-state index is 0.180. The lowest BCUT2D eigenvalue weighted by Crippen LogP contribution is -2.57. The lowest BCUT2D eigenvalue weighted by Gasteiger charge is -2.39. The summed E-state index contributed by atoms with van der Waals surface area (Å²) in [5.41, 5.74) is 0. The maximum atomic E-state index is 12.1. The third kappa shape index (κ3) is 4.83. The Labute approximate surface area is 140 Å². The van der Waals surface area contributed by atoms with E-state index < -0.39 is 14.6 Å². The third-order valence-corrected chi connectivity index (χ3v) is 7.38. The Balaban J connectivity index is 1.77.